The van der Waals surface area contributed by atoms with Crippen molar-refractivity contribution < 1.29 is 14.3 Å². The second-order valence-corrected chi connectivity index (χ2v) is 9.20. The van der Waals surface area contributed by atoms with E-state index >= 15 is 0 Å². The summed E-state index contributed by atoms with van der Waals surface area (Å²) < 4.78 is 11.6. The Morgan fingerprint density at radius 1 is 1.26 bits per heavy atom. The molecule has 3 rings (SSSR count). The fourth-order valence-electron chi connectivity index (χ4n) is 3.31. The minimum Gasteiger partial charge on any atom is -0.493 e. The molecule has 1 aromatic carbocycles. The predicted molar refractivity (Wildman–Crippen MR) is 107 cm³/mol. The molecule has 2 aliphatic rings. The largest absolute Gasteiger partial charge is 0.493 e. The highest BCUT2D eigenvalue weighted by atomic mass is 35.5. The van der Waals surface area contributed by atoms with Gasteiger partial charge in [-0.2, -0.15) is 0 Å². The van der Waals surface area contributed by atoms with Crippen molar-refractivity contribution >= 4 is 17.7 Å². The van der Waals surface area contributed by atoms with Crippen molar-refractivity contribution in [3.05, 3.63) is 28.8 Å². The molecule has 1 atom stereocenters. The Labute approximate surface area is 167 Å². The summed E-state index contributed by atoms with van der Waals surface area (Å²) in [6.45, 7) is 11.6. The molecule has 1 aliphatic carbocycles. The van der Waals surface area contributed by atoms with E-state index in [9.17, 15) is 4.79 Å². The van der Waals surface area contributed by atoms with Crippen LogP contribution in [0.2, 0.25) is 5.02 Å². The van der Waals surface area contributed by atoms with Crippen LogP contribution in [0.4, 0.5) is 4.79 Å². The Bertz CT molecular complexity index is 670. The summed E-state index contributed by atoms with van der Waals surface area (Å²) in [5, 5.41) is 0.726. The third-order valence-corrected chi connectivity index (χ3v) is 5.16. The summed E-state index contributed by atoms with van der Waals surface area (Å²) in [5.41, 5.74) is 0.642. The van der Waals surface area contributed by atoms with Crippen LogP contribution in [0, 0.1) is 5.92 Å². The standard InChI is InChI=1S/C21H31ClN2O3/c1-15-12-23(9-10-24(15)20(25)27-21(2,3)4)13-17-11-18(22)7-8-19(17)26-14-16-5-6-16/h7-8,11,15-16H,5-6,9-10,12-14H2,1-4H3/t15-/m0/s1. The quantitative estimate of drug-likeness (QED) is 0.733. The van der Waals surface area contributed by atoms with E-state index < -0.39 is 5.60 Å². The van der Waals surface area contributed by atoms with Gasteiger partial charge in [-0.3, -0.25) is 4.90 Å². The molecular weight excluding hydrogens is 364 g/mol. The maximum atomic E-state index is 12.4. The Balaban J connectivity index is 1.59. The van der Waals surface area contributed by atoms with Crippen LogP contribution < -0.4 is 4.74 Å². The SMILES string of the molecule is C[C@H]1CN(Cc2cc(Cl)ccc2OCC2CC2)CCN1C(=O)OC(C)(C)C. The molecule has 0 bridgehead atoms. The zero-order valence-electron chi connectivity index (χ0n) is 16.8. The van der Waals surface area contributed by atoms with E-state index in [0.29, 0.717) is 12.5 Å². The van der Waals surface area contributed by atoms with Crippen LogP contribution in [0.3, 0.4) is 0 Å². The number of amides is 1. The van der Waals surface area contributed by atoms with Gasteiger partial charge in [0.2, 0.25) is 0 Å². The number of carbonyl (C=O) groups is 1. The van der Waals surface area contributed by atoms with E-state index in [1.165, 1.54) is 12.8 Å². The fraction of sp³-hybridized carbons (Fsp3) is 0.667. The zero-order valence-corrected chi connectivity index (χ0v) is 17.6. The van der Waals surface area contributed by atoms with Crippen LogP contribution in [0.15, 0.2) is 18.2 Å². The molecule has 1 aromatic rings. The number of nitrogens with zero attached hydrogens (tertiary/aromatic N) is 2. The van der Waals surface area contributed by atoms with Gasteiger partial charge in [0, 0.05) is 42.8 Å². The van der Waals surface area contributed by atoms with Crippen LogP contribution in [0.5, 0.6) is 5.75 Å². The van der Waals surface area contributed by atoms with Crippen molar-refractivity contribution in [2.75, 3.05) is 26.2 Å². The van der Waals surface area contributed by atoms with Crippen molar-refractivity contribution in [2.24, 2.45) is 5.92 Å². The lowest BCUT2D eigenvalue weighted by molar-refractivity contribution is 0.000462. The number of carbonyl (C=O) groups excluding carboxylic acids is 1. The molecule has 5 nitrogen and oxygen atoms in total. The normalized spacial score (nSPS) is 21.2. The molecule has 2 fully saturated rings. The molecule has 150 valence electrons. The average Bonchev–Trinajstić information content (AvgIpc) is 3.37. The van der Waals surface area contributed by atoms with Gasteiger partial charge in [0.05, 0.1) is 6.61 Å². The lowest BCUT2D eigenvalue weighted by Crippen LogP contribution is -2.54. The van der Waals surface area contributed by atoms with Crippen LogP contribution in [-0.4, -0.2) is 53.8 Å². The summed E-state index contributed by atoms with van der Waals surface area (Å²) in [5.74, 6) is 1.64. The minimum absolute atomic E-state index is 0.101. The summed E-state index contributed by atoms with van der Waals surface area (Å²) >= 11 is 6.22. The lowest BCUT2D eigenvalue weighted by Gasteiger charge is -2.40. The van der Waals surface area contributed by atoms with Crippen LogP contribution in [0.1, 0.15) is 46.1 Å². The van der Waals surface area contributed by atoms with Gasteiger partial charge in [-0.15, -0.1) is 0 Å². The second kappa shape index (κ2) is 8.27. The third-order valence-electron chi connectivity index (χ3n) is 4.93. The maximum absolute atomic E-state index is 12.4. The maximum Gasteiger partial charge on any atom is 0.410 e. The first kappa shape index (κ1) is 20.3. The average molecular weight is 395 g/mol. The number of piperazine rings is 1. The molecule has 0 unspecified atom stereocenters. The Morgan fingerprint density at radius 2 is 2.00 bits per heavy atom. The molecule has 0 aromatic heterocycles. The van der Waals surface area contributed by atoms with Gasteiger partial charge in [0.15, 0.2) is 0 Å². The summed E-state index contributed by atoms with van der Waals surface area (Å²) in [4.78, 5) is 16.6. The van der Waals surface area contributed by atoms with E-state index in [-0.39, 0.29) is 12.1 Å². The molecule has 0 N–H and O–H groups in total. The highest BCUT2D eigenvalue weighted by molar-refractivity contribution is 6.30. The predicted octanol–water partition coefficient (Wildman–Crippen LogP) is 4.57. The molecule has 1 aliphatic heterocycles. The summed E-state index contributed by atoms with van der Waals surface area (Å²) in [7, 11) is 0. The van der Waals surface area contributed by atoms with Gasteiger partial charge in [-0.1, -0.05) is 11.6 Å². The van der Waals surface area contributed by atoms with Gasteiger partial charge in [-0.25, -0.2) is 4.79 Å². The molecular formula is C21H31ClN2O3. The smallest absolute Gasteiger partial charge is 0.410 e. The molecule has 0 spiro atoms. The first-order chi connectivity index (χ1) is 12.7. The Hall–Kier alpha value is -1.46. The van der Waals surface area contributed by atoms with Crippen molar-refractivity contribution in [3.8, 4) is 5.75 Å². The number of ether oxygens (including phenoxy) is 2. The van der Waals surface area contributed by atoms with E-state index in [2.05, 4.69) is 11.8 Å². The monoisotopic (exact) mass is 394 g/mol. The number of rotatable bonds is 5. The van der Waals surface area contributed by atoms with Gasteiger partial charge in [-0.05, 0) is 64.7 Å². The molecule has 27 heavy (non-hydrogen) atoms. The van der Waals surface area contributed by atoms with Crippen molar-refractivity contribution in [2.45, 2.75) is 58.7 Å². The van der Waals surface area contributed by atoms with Gasteiger partial charge in [0.1, 0.15) is 11.4 Å². The number of halogens is 1. The van der Waals surface area contributed by atoms with Gasteiger partial charge < -0.3 is 14.4 Å². The third kappa shape index (κ3) is 6.01. The molecule has 1 amide bonds. The highest BCUT2D eigenvalue weighted by Gasteiger charge is 2.31. The van der Waals surface area contributed by atoms with Gasteiger partial charge in [0.25, 0.3) is 0 Å². The van der Waals surface area contributed by atoms with E-state index in [0.717, 1.165) is 42.6 Å². The first-order valence-electron chi connectivity index (χ1n) is 9.84. The molecule has 1 saturated carbocycles. The van der Waals surface area contributed by atoms with Crippen LogP contribution in [-0.2, 0) is 11.3 Å². The second-order valence-electron chi connectivity index (χ2n) is 8.76. The Morgan fingerprint density at radius 3 is 2.63 bits per heavy atom. The van der Waals surface area contributed by atoms with Crippen molar-refractivity contribution in [1.82, 2.24) is 9.80 Å². The molecule has 6 heteroatoms. The summed E-state index contributed by atoms with van der Waals surface area (Å²) in [6.07, 6.45) is 2.31. The van der Waals surface area contributed by atoms with E-state index in [4.69, 9.17) is 21.1 Å². The molecule has 0 radical (unpaired) electrons. The number of hydrogen-bond donors (Lipinski definition) is 0. The lowest BCUT2D eigenvalue weighted by atomic mass is 10.1. The Kier molecular flexibility index (Phi) is 6.21. The van der Waals surface area contributed by atoms with E-state index in [1.54, 1.807) is 0 Å². The number of benzene rings is 1. The molecule has 1 saturated heterocycles. The fourth-order valence-corrected chi connectivity index (χ4v) is 3.51. The van der Waals surface area contributed by atoms with Crippen LogP contribution in [0.25, 0.3) is 0 Å². The van der Waals surface area contributed by atoms with E-state index in [1.807, 2.05) is 43.9 Å². The molecule has 1 heterocycles. The zero-order chi connectivity index (χ0) is 19.6. The minimum atomic E-state index is -0.470. The van der Waals surface area contributed by atoms with Crippen molar-refractivity contribution in [3.63, 3.8) is 0 Å². The first-order valence-corrected chi connectivity index (χ1v) is 10.2. The van der Waals surface area contributed by atoms with Crippen molar-refractivity contribution in [1.29, 1.82) is 0 Å². The highest BCUT2D eigenvalue weighted by Crippen LogP contribution is 2.31. The topological polar surface area (TPSA) is 42.0 Å². The summed E-state index contributed by atoms with van der Waals surface area (Å²) in [6, 6.07) is 5.95. The van der Waals surface area contributed by atoms with Gasteiger partial charge >= 0.3 is 6.09 Å². The number of hydrogen-bond acceptors (Lipinski definition) is 4. The van der Waals surface area contributed by atoms with Crippen LogP contribution >= 0.6 is 11.6 Å².